The van der Waals surface area contributed by atoms with Crippen molar-refractivity contribution in [2.24, 2.45) is 5.73 Å². The van der Waals surface area contributed by atoms with Crippen LogP contribution in [-0.2, 0) is 10.0 Å². The molecule has 7 heteroatoms. The van der Waals surface area contributed by atoms with Gasteiger partial charge in [-0.2, -0.15) is 0 Å². The maximum atomic E-state index is 12.1. The number of sulfonamides is 1. The highest BCUT2D eigenvalue weighted by Gasteiger charge is 2.20. The second-order valence-electron chi connectivity index (χ2n) is 4.42. The van der Waals surface area contributed by atoms with Crippen LogP contribution >= 0.6 is 0 Å². The Morgan fingerprint density at radius 1 is 1.32 bits per heavy atom. The van der Waals surface area contributed by atoms with E-state index >= 15 is 0 Å². The molecule has 0 spiro atoms. The van der Waals surface area contributed by atoms with Crippen molar-refractivity contribution in [1.82, 2.24) is 4.72 Å². The molecular weight excluding hydrogens is 268 g/mol. The monoisotopic (exact) mass is 286 g/mol. The molecule has 6 nitrogen and oxygen atoms in total. The van der Waals surface area contributed by atoms with E-state index in [1.165, 1.54) is 12.1 Å². The van der Waals surface area contributed by atoms with Gasteiger partial charge in [0, 0.05) is 25.1 Å². The summed E-state index contributed by atoms with van der Waals surface area (Å²) in [4.78, 5) is 0.150. The van der Waals surface area contributed by atoms with Gasteiger partial charge in [-0.3, -0.25) is 0 Å². The largest absolute Gasteiger partial charge is 0.490 e. The van der Waals surface area contributed by atoms with Crippen LogP contribution in [-0.4, -0.2) is 34.2 Å². The van der Waals surface area contributed by atoms with Gasteiger partial charge >= 0.3 is 0 Å². The fourth-order valence-electron chi connectivity index (χ4n) is 1.69. The van der Waals surface area contributed by atoms with E-state index in [0.717, 1.165) is 6.42 Å². The lowest BCUT2D eigenvalue weighted by molar-refractivity contribution is 0.297. The van der Waals surface area contributed by atoms with Crippen molar-refractivity contribution >= 4 is 10.0 Å². The van der Waals surface area contributed by atoms with Gasteiger partial charge in [0.05, 0.1) is 18.1 Å². The number of rotatable bonds is 4. The standard InChI is InChI=1S/C12H18N2O4S/c1-9(8-13)14-19(15,16)10-3-4-11-12(7-10)18-6-2-5-17-11/h3-4,7,9,14H,2,5-6,8,13H2,1H3/t9-/m0/s1. The van der Waals surface area contributed by atoms with Gasteiger partial charge in [-0.1, -0.05) is 0 Å². The van der Waals surface area contributed by atoms with E-state index in [1.54, 1.807) is 13.0 Å². The van der Waals surface area contributed by atoms with Crippen molar-refractivity contribution < 1.29 is 17.9 Å². The van der Waals surface area contributed by atoms with Gasteiger partial charge < -0.3 is 15.2 Å². The number of hydrogen-bond donors (Lipinski definition) is 2. The second kappa shape index (κ2) is 5.77. The normalized spacial score (nSPS) is 16.7. The van der Waals surface area contributed by atoms with E-state index in [1.807, 2.05) is 0 Å². The fourth-order valence-corrected chi connectivity index (χ4v) is 2.96. The highest BCUT2D eigenvalue weighted by molar-refractivity contribution is 7.89. The highest BCUT2D eigenvalue weighted by atomic mass is 32.2. The van der Waals surface area contributed by atoms with Gasteiger partial charge in [-0.15, -0.1) is 0 Å². The Hall–Kier alpha value is -1.31. The summed E-state index contributed by atoms with van der Waals surface area (Å²) in [6, 6.07) is 4.27. The van der Waals surface area contributed by atoms with Gasteiger partial charge in [0.2, 0.25) is 10.0 Å². The zero-order valence-electron chi connectivity index (χ0n) is 10.8. The van der Waals surface area contributed by atoms with Crippen LogP contribution in [0.15, 0.2) is 23.1 Å². The smallest absolute Gasteiger partial charge is 0.240 e. The molecule has 1 aliphatic heterocycles. The van der Waals surface area contributed by atoms with E-state index < -0.39 is 10.0 Å². The lowest BCUT2D eigenvalue weighted by Crippen LogP contribution is -2.37. The molecule has 19 heavy (non-hydrogen) atoms. The zero-order valence-corrected chi connectivity index (χ0v) is 11.6. The van der Waals surface area contributed by atoms with Crippen LogP contribution in [0.25, 0.3) is 0 Å². The lowest BCUT2D eigenvalue weighted by Gasteiger charge is -2.13. The summed E-state index contributed by atoms with van der Waals surface area (Å²) in [6.45, 7) is 3.04. The van der Waals surface area contributed by atoms with E-state index in [9.17, 15) is 8.42 Å². The Kier molecular flexibility index (Phi) is 4.28. The SMILES string of the molecule is C[C@@H](CN)NS(=O)(=O)c1ccc2c(c1)OCCCO2. The van der Waals surface area contributed by atoms with Gasteiger partial charge in [0.25, 0.3) is 0 Å². The number of hydrogen-bond acceptors (Lipinski definition) is 5. The number of benzene rings is 1. The molecule has 0 radical (unpaired) electrons. The number of ether oxygens (including phenoxy) is 2. The molecular formula is C12H18N2O4S. The third kappa shape index (κ3) is 3.37. The molecule has 1 atom stereocenters. The molecule has 0 amide bonds. The average Bonchev–Trinajstić information content (AvgIpc) is 2.62. The molecule has 1 heterocycles. The molecule has 1 aliphatic rings. The van der Waals surface area contributed by atoms with Crippen molar-refractivity contribution in [2.75, 3.05) is 19.8 Å². The molecule has 0 bridgehead atoms. The molecule has 3 N–H and O–H groups in total. The van der Waals surface area contributed by atoms with Crippen molar-refractivity contribution in [3.63, 3.8) is 0 Å². The maximum absolute atomic E-state index is 12.1. The van der Waals surface area contributed by atoms with Crippen LogP contribution in [0.5, 0.6) is 11.5 Å². The lowest BCUT2D eigenvalue weighted by atomic mass is 10.3. The van der Waals surface area contributed by atoms with Gasteiger partial charge in [-0.25, -0.2) is 13.1 Å². The number of fused-ring (bicyclic) bond motifs is 1. The van der Waals surface area contributed by atoms with E-state index in [2.05, 4.69) is 4.72 Å². The quantitative estimate of drug-likeness (QED) is 0.840. The molecule has 1 aromatic rings. The summed E-state index contributed by atoms with van der Waals surface area (Å²) in [7, 11) is -3.58. The van der Waals surface area contributed by atoms with E-state index in [4.69, 9.17) is 15.2 Å². The van der Waals surface area contributed by atoms with Crippen LogP contribution in [0, 0.1) is 0 Å². The second-order valence-corrected chi connectivity index (χ2v) is 6.13. The Labute approximate surface area is 112 Å². The molecule has 0 aliphatic carbocycles. The predicted octanol–water partition coefficient (Wildman–Crippen LogP) is 0.473. The Balaban J connectivity index is 2.28. The average molecular weight is 286 g/mol. The van der Waals surface area contributed by atoms with E-state index in [0.29, 0.717) is 24.7 Å². The summed E-state index contributed by atoms with van der Waals surface area (Å²) in [5.74, 6) is 1.03. The third-order valence-corrected chi connectivity index (χ3v) is 4.33. The van der Waals surface area contributed by atoms with Crippen molar-refractivity contribution in [2.45, 2.75) is 24.3 Å². The molecule has 0 fully saturated rings. The first kappa shape index (κ1) is 14.1. The minimum absolute atomic E-state index is 0.150. The van der Waals surface area contributed by atoms with Gasteiger partial charge in [0.15, 0.2) is 11.5 Å². The Morgan fingerprint density at radius 2 is 2.00 bits per heavy atom. The van der Waals surface area contributed by atoms with Gasteiger partial charge in [-0.05, 0) is 19.1 Å². The predicted molar refractivity (Wildman–Crippen MR) is 70.9 cm³/mol. The third-order valence-electron chi connectivity index (χ3n) is 2.74. The summed E-state index contributed by atoms with van der Waals surface area (Å²) >= 11 is 0. The fraction of sp³-hybridized carbons (Fsp3) is 0.500. The maximum Gasteiger partial charge on any atom is 0.240 e. The van der Waals surface area contributed by atoms with Crippen LogP contribution in [0.2, 0.25) is 0 Å². The minimum Gasteiger partial charge on any atom is -0.490 e. The molecule has 106 valence electrons. The summed E-state index contributed by atoms with van der Waals surface area (Å²) < 4.78 is 37.6. The summed E-state index contributed by atoms with van der Waals surface area (Å²) in [5.41, 5.74) is 5.42. The molecule has 0 saturated carbocycles. The summed E-state index contributed by atoms with van der Waals surface area (Å²) in [5, 5.41) is 0. The Morgan fingerprint density at radius 3 is 2.68 bits per heavy atom. The van der Waals surface area contributed by atoms with Crippen LogP contribution in [0.3, 0.4) is 0 Å². The zero-order chi connectivity index (χ0) is 13.9. The van der Waals surface area contributed by atoms with E-state index in [-0.39, 0.29) is 17.5 Å². The summed E-state index contributed by atoms with van der Waals surface area (Å²) in [6.07, 6.45) is 0.777. The number of nitrogens with two attached hydrogens (primary N) is 1. The highest BCUT2D eigenvalue weighted by Crippen LogP contribution is 2.31. The Bertz CT molecular complexity index is 545. The first-order valence-corrected chi connectivity index (χ1v) is 7.63. The van der Waals surface area contributed by atoms with Crippen LogP contribution in [0.4, 0.5) is 0 Å². The molecule has 2 rings (SSSR count). The molecule has 0 aromatic heterocycles. The van der Waals surface area contributed by atoms with Crippen molar-refractivity contribution in [3.05, 3.63) is 18.2 Å². The van der Waals surface area contributed by atoms with Gasteiger partial charge in [0.1, 0.15) is 0 Å². The molecule has 0 saturated heterocycles. The molecule has 0 unspecified atom stereocenters. The first-order valence-electron chi connectivity index (χ1n) is 6.15. The van der Waals surface area contributed by atoms with Crippen molar-refractivity contribution in [1.29, 1.82) is 0 Å². The topological polar surface area (TPSA) is 90.7 Å². The minimum atomic E-state index is -3.58. The molecule has 1 aromatic carbocycles. The van der Waals surface area contributed by atoms with Crippen molar-refractivity contribution in [3.8, 4) is 11.5 Å². The number of nitrogens with one attached hydrogen (secondary N) is 1. The van der Waals surface area contributed by atoms with Crippen LogP contribution in [0.1, 0.15) is 13.3 Å². The van der Waals surface area contributed by atoms with Crippen LogP contribution < -0.4 is 19.9 Å². The first-order chi connectivity index (χ1) is 9.03.